The monoisotopic (exact) mass is 275 g/mol. The van der Waals surface area contributed by atoms with Crippen LogP contribution in [0.1, 0.15) is 35.6 Å². The first-order valence-corrected chi connectivity index (χ1v) is 6.41. The van der Waals surface area contributed by atoms with Crippen molar-refractivity contribution in [1.82, 2.24) is 5.32 Å². The number of fused-ring (bicyclic) bond motifs is 1. The summed E-state index contributed by atoms with van der Waals surface area (Å²) in [4.78, 5) is 0. The first kappa shape index (κ1) is 14.3. The fraction of sp³-hybridized carbons (Fsp3) is 0.571. The van der Waals surface area contributed by atoms with Crippen LogP contribution >= 0.6 is 0 Å². The standard InChI is InChI=1S/C14H17F4N/c1-19-12(14(17,18)13(15)16)11-7-6-9-4-2-3-5-10(9)8-11/h6-8,12-13,19H,2-5H2,1H3. The molecule has 1 unspecified atom stereocenters. The van der Waals surface area contributed by atoms with Gasteiger partial charge in [0.05, 0.1) is 0 Å². The fourth-order valence-corrected chi connectivity index (χ4v) is 2.64. The number of benzene rings is 1. The molecule has 0 fully saturated rings. The zero-order valence-corrected chi connectivity index (χ0v) is 10.7. The minimum Gasteiger partial charge on any atom is -0.308 e. The molecular formula is C14H17F4N. The number of alkyl halides is 4. The van der Waals surface area contributed by atoms with Gasteiger partial charge in [-0.05, 0) is 49.4 Å². The van der Waals surface area contributed by atoms with E-state index in [-0.39, 0.29) is 5.56 Å². The number of halogens is 4. The van der Waals surface area contributed by atoms with Crippen molar-refractivity contribution in [2.45, 2.75) is 44.1 Å². The normalized spacial score (nSPS) is 17.4. The molecule has 1 aromatic rings. The molecule has 0 saturated heterocycles. The van der Waals surface area contributed by atoms with Crippen molar-refractivity contribution >= 4 is 0 Å². The van der Waals surface area contributed by atoms with Crippen molar-refractivity contribution in [2.75, 3.05) is 7.05 Å². The molecule has 0 spiro atoms. The maximum atomic E-state index is 13.5. The van der Waals surface area contributed by atoms with Gasteiger partial charge >= 0.3 is 12.3 Å². The minimum atomic E-state index is -4.07. The zero-order chi connectivity index (χ0) is 14.0. The molecule has 0 aromatic heterocycles. The predicted molar refractivity (Wildman–Crippen MR) is 65.8 cm³/mol. The van der Waals surface area contributed by atoms with Crippen LogP contribution in [0.25, 0.3) is 0 Å². The summed E-state index contributed by atoms with van der Waals surface area (Å²) < 4.78 is 52.0. The second-order valence-electron chi connectivity index (χ2n) is 4.93. The van der Waals surface area contributed by atoms with Gasteiger partial charge in [-0.15, -0.1) is 0 Å². The second kappa shape index (κ2) is 5.49. The lowest BCUT2D eigenvalue weighted by molar-refractivity contribution is -0.150. The molecule has 0 saturated carbocycles. The summed E-state index contributed by atoms with van der Waals surface area (Å²) in [5.74, 6) is -4.07. The fourth-order valence-electron chi connectivity index (χ4n) is 2.64. The molecule has 1 N–H and O–H groups in total. The van der Waals surface area contributed by atoms with Gasteiger partial charge in [-0.25, -0.2) is 8.78 Å². The van der Waals surface area contributed by atoms with E-state index in [0.29, 0.717) is 0 Å². The highest BCUT2D eigenvalue weighted by Gasteiger charge is 2.48. The average molecular weight is 275 g/mol. The molecule has 0 heterocycles. The Bertz CT molecular complexity index is 445. The highest BCUT2D eigenvalue weighted by atomic mass is 19.3. The van der Waals surface area contributed by atoms with Crippen molar-refractivity contribution < 1.29 is 17.6 Å². The Labute approximate surface area is 110 Å². The van der Waals surface area contributed by atoms with Crippen molar-refractivity contribution in [2.24, 2.45) is 0 Å². The SMILES string of the molecule is CNC(c1ccc2c(c1)CCCC2)C(F)(F)C(F)F. The molecule has 1 aliphatic carbocycles. The first-order valence-electron chi connectivity index (χ1n) is 6.41. The Hall–Kier alpha value is -1.10. The van der Waals surface area contributed by atoms with Gasteiger partial charge in [0.15, 0.2) is 0 Å². The average Bonchev–Trinajstić information content (AvgIpc) is 2.39. The number of hydrogen-bond acceptors (Lipinski definition) is 1. The largest absolute Gasteiger partial charge is 0.326 e. The van der Waals surface area contributed by atoms with E-state index in [1.807, 2.05) is 0 Å². The molecule has 1 nitrogen and oxygen atoms in total. The molecule has 1 aliphatic rings. The lowest BCUT2D eigenvalue weighted by Gasteiger charge is -2.27. The maximum absolute atomic E-state index is 13.5. The molecule has 0 radical (unpaired) electrons. The zero-order valence-electron chi connectivity index (χ0n) is 10.7. The molecule has 5 heteroatoms. The summed E-state index contributed by atoms with van der Waals surface area (Å²) in [6, 6.07) is 3.31. The molecule has 0 amide bonds. The maximum Gasteiger partial charge on any atom is 0.326 e. The summed E-state index contributed by atoms with van der Waals surface area (Å²) in [7, 11) is 1.28. The highest BCUT2D eigenvalue weighted by molar-refractivity contribution is 5.36. The molecule has 2 rings (SSSR count). The van der Waals surface area contributed by atoms with Crippen LogP contribution in [0, 0.1) is 0 Å². The van der Waals surface area contributed by atoms with Crippen molar-refractivity contribution in [3.63, 3.8) is 0 Å². The van der Waals surface area contributed by atoms with Crippen LogP contribution in [0.3, 0.4) is 0 Å². The molecular weight excluding hydrogens is 258 g/mol. The predicted octanol–water partition coefficient (Wildman–Crippen LogP) is 3.73. The summed E-state index contributed by atoms with van der Waals surface area (Å²) >= 11 is 0. The van der Waals surface area contributed by atoms with Gasteiger partial charge in [0.1, 0.15) is 6.04 Å². The summed E-state index contributed by atoms with van der Waals surface area (Å²) in [5, 5.41) is 2.32. The summed E-state index contributed by atoms with van der Waals surface area (Å²) in [6.45, 7) is 0. The molecule has 0 bridgehead atoms. The Morgan fingerprint density at radius 1 is 1.11 bits per heavy atom. The quantitative estimate of drug-likeness (QED) is 0.826. The van der Waals surface area contributed by atoms with E-state index in [1.54, 1.807) is 12.1 Å². The molecule has 1 atom stereocenters. The van der Waals surface area contributed by atoms with E-state index < -0.39 is 18.4 Å². The molecule has 106 valence electrons. The lowest BCUT2D eigenvalue weighted by atomic mass is 9.88. The Balaban J connectivity index is 2.34. The Kier molecular flexibility index (Phi) is 4.13. The van der Waals surface area contributed by atoms with Crippen molar-refractivity contribution in [3.05, 3.63) is 34.9 Å². The lowest BCUT2D eigenvalue weighted by Crippen LogP contribution is -2.41. The number of aryl methyl sites for hydroxylation is 2. The second-order valence-corrected chi connectivity index (χ2v) is 4.93. The number of hydrogen-bond donors (Lipinski definition) is 1. The molecule has 19 heavy (non-hydrogen) atoms. The Morgan fingerprint density at radius 2 is 1.74 bits per heavy atom. The van der Waals surface area contributed by atoms with E-state index in [0.717, 1.165) is 36.8 Å². The third-order valence-electron chi connectivity index (χ3n) is 3.67. The van der Waals surface area contributed by atoms with Gasteiger partial charge in [-0.2, -0.15) is 8.78 Å². The topological polar surface area (TPSA) is 12.0 Å². The van der Waals surface area contributed by atoms with E-state index in [1.165, 1.54) is 13.1 Å². The summed E-state index contributed by atoms with van der Waals surface area (Å²) in [6.07, 6.45) is 0.201. The highest BCUT2D eigenvalue weighted by Crippen LogP contribution is 2.37. The van der Waals surface area contributed by atoms with Gasteiger partial charge in [-0.1, -0.05) is 18.2 Å². The van der Waals surface area contributed by atoms with Crippen LogP contribution in [-0.2, 0) is 12.8 Å². The third-order valence-corrected chi connectivity index (χ3v) is 3.67. The minimum absolute atomic E-state index is 0.230. The molecule has 0 aliphatic heterocycles. The van der Waals surface area contributed by atoms with E-state index in [2.05, 4.69) is 5.32 Å². The van der Waals surface area contributed by atoms with E-state index in [4.69, 9.17) is 0 Å². The Morgan fingerprint density at radius 3 is 2.32 bits per heavy atom. The number of nitrogens with one attached hydrogen (secondary N) is 1. The third kappa shape index (κ3) is 2.76. The van der Waals surface area contributed by atoms with Gasteiger partial charge in [0, 0.05) is 0 Å². The van der Waals surface area contributed by atoms with Crippen molar-refractivity contribution in [1.29, 1.82) is 0 Å². The van der Waals surface area contributed by atoms with E-state index in [9.17, 15) is 17.6 Å². The summed E-state index contributed by atoms with van der Waals surface area (Å²) in [5.41, 5.74) is 2.38. The van der Waals surface area contributed by atoms with Gasteiger partial charge in [-0.3, -0.25) is 0 Å². The van der Waals surface area contributed by atoms with Gasteiger partial charge in [0.2, 0.25) is 0 Å². The van der Waals surface area contributed by atoms with Gasteiger partial charge < -0.3 is 5.32 Å². The van der Waals surface area contributed by atoms with Crippen LogP contribution in [0.15, 0.2) is 18.2 Å². The van der Waals surface area contributed by atoms with E-state index >= 15 is 0 Å². The van der Waals surface area contributed by atoms with Crippen LogP contribution in [-0.4, -0.2) is 19.4 Å². The first-order chi connectivity index (χ1) is 8.96. The van der Waals surface area contributed by atoms with Crippen LogP contribution in [0.4, 0.5) is 17.6 Å². The molecule has 1 aromatic carbocycles. The number of rotatable bonds is 4. The van der Waals surface area contributed by atoms with Crippen LogP contribution < -0.4 is 5.32 Å². The van der Waals surface area contributed by atoms with Crippen molar-refractivity contribution in [3.8, 4) is 0 Å². The van der Waals surface area contributed by atoms with Gasteiger partial charge in [0.25, 0.3) is 0 Å². The van der Waals surface area contributed by atoms with Crippen LogP contribution in [0.5, 0.6) is 0 Å². The van der Waals surface area contributed by atoms with Crippen LogP contribution in [0.2, 0.25) is 0 Å². The smallest absolute Gasteiger partial charge is 0.308 e.